The zero-order chi connectivity index (χ0) is 14.6. The summed E-state index contributed by atoms with van der Waals surface area (Å²) in [4.78, 5) is 4.53. The Labute approximate surface area is 119 Å². The van der Waals surface area contributed by atoms with Crippen LogP contribution in [0, 0.1) is 5.82 Å². The lowest BCUT2D eigenvalue weighted by molar-refractivity contribution is 0.628. The van der Waals surface area contributed by atoms with E-state index in [4.69, 9.17) is 11.6 Å². The Morgan fingerprint density at radius 1 is 1.26 bits per heavy atom. The van der Waals surface area contributed by atoms with Gasteiger partial charge in [0.25, 0.3) is 0 Å². The first kappa shape index (κ1) is 15.7. The van der Waals surface area contributed by atoms with E-state index in [0.717, 1.165) is 17.1 Å². The molecule has 0 saturated carbocycles. The van der Waals surface area contributed by atoms with Crippen molar-refractivity contribution in [1.29, 1.82) is 0 Å². The number of hydrogen-bond acceptors (Lipinski definition) is 1. The highest BCUT2D eigenvalue weighted by molar-refractivity contribution is 6.31. The molecule has 0 fully saturated rings. The van der Waals surface area contributed by atoms with Gasteiger partial charge in [0.2, 0.25) is 0 Å². The van der Waals surface area contributed by atoms with E-state index in [-0.39, 0.29) is 5.02 Å². The van der Waals surface area contributed by atoms with Crippen molar-refractivity contribution >= 4 is 11.6 Å². The molecule has 0 bridgehead atoms. The summed E-state index contributed by atoms with van der Waals surface area (Å²) in [6.45, 7) is 8.17. The third-order valence-corrected chi connectivity index (χ3v) is 2.93. The number of aromatic nitrogens is 2. The molecule has 1 aromatic carbocycles. The average molecular weight is 283 g/mol. The van der Waals surface area contributed by atoms with Gasteiger partial charge in [0.15, 0.2) is 0 Å². The van der Waals surface area contributed by atoms with E-state index in [9.17, 15) is 4.39 Å². The van der Waals surface area contributed by atoms with E-state index in [2.05, 4.69) is 18.8 Å². The molecular formula is C15H20ClFN2. The van der Waals surface area contributed by atoms with Crippen molar-refractivity contribution in [3.05, 3.63) is 41.1 Å². The molecule has 0 N–H and O–H groups in total. The van der Waals surface area contributed by atoms with Crippen molar-refractivity contribution < 1.29 is 4.39 Å². The van der Waals surface area contributed by atoms with Crippen molar-refractivity contribution in [2.75, 3.05) is 0 Å². The number of imidazole rings is 1. The Bertz CT molecular complexity index is 547. The Morgan fingerprint density at radius 2 is 1.89 bits per heavy atom. The summed E-state index contributed by atoms with van der Waals surface area (Å²) in [6, 6.07) is 4.65. The Kier molecular flexibility index (Phi) is 5.55. The molecule has 2 nitrogen and oxygen atoms in total. The fourth-order valence-electron chi connectivity index (χ4n) is 1.81. The molecule has 2 rings (SSSR count). The second-order valence-electron chi connectivity index (χ2n) is 4.38. The third-order valence-electron chi connectivity index (χ3n) is 2.64. The van der Waals surface area contributed by atoms with Crippen LogP contribution in [0.4, 0.5) is 4.39 Å². The van der Waals surface area contributed by atoms with Gasteiger partial charge >= 0.3 is 0 Å². The van der Waals surface area contributed by atoms with Gasteiger partial charge < -0.3 is 4.57 Å². The first-order chi connectivity index (χ1) is 8.99. The minimum Gasteiger partial charge on any atom is -0.337 e. The smallest absolute Gasteiger partial charge is 0.141 e. The molecule has 1 aromatic heterocycles. The first-order valence-corrected chi connectivity index (χ1v) is 6.85. The normalized spacial score (nSPS) is 10.3. The molecule has 19 heavy (non-hydrogen) atoms. The molecule has 0 atom stereocenters. The maximum absolute atomic E-state index is 13.1. The van der Waals surface area contributed by atoms with Gasteiger partial charge in [0, 0.05) is 24.7 Å². The molecule has 0 aliphatic rings. The minimum absolute atomic E-state index is 0.124. The fourth-order valence-corrected chi connectivity index (χ4v) is 1.99. The standard InChI is InChI=1S/C13H14ClFN2.C2H6/c1-8(2)13-16-12(7-17(13)3)9-4-5-11(15)10(14)6-9;1-2/h4-8H,1-3H3;1-2H3. The number of nitrogens with zero attached hydrogens (tertiary/aromatic N) is 2. The van der Waals surface area contributed by atoms with Gasteiger partial charge in [-0.15, -0.1) is 0 Å². The molecule has 104 valence electrons. The van der Waals surface area contributed by atoms with Gasteiger partial charge in [-0.05, 0) is 18.2 Å². The Balaban J connectivity index is 0.000000861. The lowest BCUT2D eigenvalue weighted by atomic mass is 10.1. The van der Waals surface area contributed by atoms with Crippen LogP contribution >= 0.6 is 11.6 Å². The molecule has 0 radical (unpaired) electrons. The second-order valence-corrected chi connectivity index (χ2v) is 4.79. The highest BCUT2D eigenvalue weighted by Crippen LogP contribution is 2.25. The fraction of sp³-hybridized carbons (Fsp3) is 0.400. The number of aryl methyl sites for hydroxylation is 1. The number of halogens is 2. The van der Waals surface area contributed by atoms with Crippen molar-refractivity contribution in [1.82, 2.24) is 9.55 Å². The second kappa shape index (κ2) is 6.71. The quantitative estimate of drug-likeness (QED) is 0.755. The average Bonchev–Trinajstić information content (AvgIpc) is 2.77. The SMILES string of the molecule is CC.CC(C)c1nc(-c2ccc(F)c(Cl)c2)cn1C. The van der Waals surface area contributed by atoms with E-state index >= 15 is 0 Å². The molecule has 0 aliphatic carbocycles. The van der Waals surface area contributed by atoms with Gasteiger partial charge in [0.1, 0.15) is 11.6 Å². The van der Waals surface area contributed by atoms with Crippen LogP contribution in [0.2, 0.25) is 5.02 Å². The van der Waals surface area contributed by atoms with Crippen molar-refractivity contribution in [3.8, 4) is 11.3 Å². The zero-order valence-electron chi connectivity index (χ0n) is 12.0. The molecule has 0 amide bonds. The zero-order valence-corrected chi connectivity index (χ0v) is 12.8. The highest BCUT2D eigenvalue weighted by Gasteiger charge is 2.11. The summed E-state index contributed by atoms with van der Waals surface area (Å²) >= 11 is 5.76. The maximum atomic E-state index is 13.1. The molecule has 1 heterocycles. The van der Waals surface area contributed by atoms with Gasteiger partial charge in [-0.3, -0.25) is 0 Å². The summed E-state index contributed by atoms with van der Waals surface area (Å²) in [6.07, 6.45) is 1.93. The summed E-state index contributed by atoms with van der Waals surface area (Å²) in [5, 5.41) is 0.124. The summed E-state index contributed by atoms with van der Waals surface area (Å²) in [5.74, 6) is 0.945. The Hall–Kier alpha value is -1.35. The van der Waals surface area contributed by atoms with Gasteiger partial charge in [-0.25, -0.2) is 9.37 Å². The van der Waals surface area contributed by atoms with Crippen LogP contribution in [-0.2, 0) is 7.05 Å². The topological polar surface area (TPSA) is 17.8 Å². The molecule has 0 saturated heterocycles. The van der Waals surface area contributed by atoms with Crippen molar-refractivity contribution in [2.24, 2.45) is 7.05 Å². The maximum Gasteiger partial charge on any atom is 0.141 e. The van der Waals surface area contributed by atoms with Crippen LogP contribution in [-0.4, -0.2) is 9.55 Å². The van der Waals surface area contributed by atoms with Crippen LogP contribution in [0.3, 0.4) is 0 Å². The predicted molar refractivity (Wildman–Crippen MR) is 79.0 cm³/mol. The molecule has 4 heteroatoms. The summed E-state index contributed by atoms with van der Waals surface area (Å²) in [7, 11) is 1.96. The molecule has 2 aromatic rings. The van der Waals surface area contributed by atoms with E-state index < -0.39 is 5.82 Å². The van der Waals surface area contributed by atoms with E-state index in [1.807, 2.05) is 31.7 Å². The number of benzene rings is 1. The van der Waals surface area contributed by atoms with Crippen molar-refractivity contribution in [2.45, 2.75) is 33.6 Å². The molecule has 0 unspecified atom stereocenters. The molecule has 0 aliphatic heterocycles. The third kappa shape index (κ3) is 3.57. The number of rotatable bonds is 2. The molecule has 0 spiro atoms. The van der Waals surface area contributed by atoms with Gasteiger partial charge in [0.05, 0.1) is 10.7 Å². The lowest BCUT2D eigenvalue weighted by Crippen LogP contribution is -1.98. The van der Waals surface area contributed by atoms with E-state index in [1.54, 1.807) is 12.1 Å². The minimum atomic E-state index is -0.407. The van der Waals surface area contributed by atoms with E-state index in [1.165, 1.54) is 6.07 Å². The summed E-state index contributed by atoms with van der Waals surface area (Å²) in [5.41, 5.74) is 1.65. The van der Waals surface area contributed by atoms with Gasteiger partial charge in [-0.1, -0.05) is 39.3 Å². The van der Waals surface area contributed by atoms with Crippen LogP contribution in [0.25, 0.3) is 11.3 Å². The largest absolute Gasteiger partial charge is 0.337 e. The van der Waals surface area contributed by atoms with E-state index in [0.29, 0.717) is 5.92 Å². The first-order valence-electron chi connectivity index (χ1n) is 6.47. The number of hydrogen-bond donors (Lipinski definition) is 0. The predicted octanol–water partition coefficient (Wildman–Crippen LogP) is 5.03. The lowest BCUT2D eigenvalue weighted by Gasteiger charge is -2.02. The summed E-state index contributed by atoms with van der Waals surface area (Å²) < 4.78 is 15.1. The Morgan fingerprint density at radius 3 is 2.37 bits per heavy atom. The van der Waals surface area contributed by atoms with Crippen LogP contribution in [0.15, 0.2) is 24.4 Å². The van der Waals surface area contributed by atoms with Crippen LogP contribution in [0.1, 0.15) is 39.4 Å². The monoisotopic (exact) mass is 282 g/mol. The van der Waals surface area contributed by atoms with Crippen molar-refractivity contribution in [3.63, 3.8) is 0 Å². The molecular weight excluding hydrogens is 263 g/mol. The van der Waals surface area contributed by atoms with Gasteiger partial charge in [-0.2, -0.15) is 0 Å². The van der Waals surface area contributed by atoms with Crippen LogP contribution < -0.4 is 0 Å². The van der Waals surface area contributed by atoms with Crippen LogP contribution in [0.5, 0.6) is 0 Å². The highest BCUT2D eigenvalue weighted by atomic mass is 35.5.